The summed E-state index contributed by atoms with van der Waals surface area (Å²) >= 11 is 0.984. The van der Waals surface area contributed by atoms with Gasteiger partial charge in [-0.3, -0.25) is 19.3 Å². The van der Waals surface area contributed by atoms with Crippen LogP contribution in [0.1, 0.15) is 23.2 Å². The van der Waals surface area contributed by atoms with Crippen LogP contribution in [0, 0.1) is 0 Å². The lowest BCUT2D eigenvalue weighted by Gasteiger charge is -2.42. The molecular weight excluding hydrogens is 390 g/mol. The van der Waals surface area contributed by atoms with Crippen LogP contribution in [-0.2, 0) is 14.8 Å². The number of carbonyl (C=O) groups is 3. The van der Waals surface area contributed by atoms with Crippen LogP contribution in [0.2, 0.25) is 0 Å². The van der Waals surface area contributed by atoms with Gasteiger partial charge in [-0.2, -0.15) is 4.31 Å². The minimum atomic E-state index is -3.50. The quantitative estimate of drug-likeness (QED) is 0.736. The summed E-state index contributed by atoms with van der Waals surface area (Å²) in [6.45, 7) is 1.68. The molecule has 0 radical (unpaired) electrons. The topological polar surface area (TPSA) is 95.1 Å². The number of nitrogens with zero attached hydrogens (tertiary/aromatic N) is 3. The van der Waals surface area contributed by atoms with Gasteiger partial charge in [0.1, 0.15) is 0 Å². The Bertz CT molecular complexity index is 872. The molecule has 10 heteroatoms. The van der Waals surface area contributed by atoms with Crippen LogP contribution in [0.25, 0.3) is 0 Å². The van der Waals surface area contributed by atoms with Crippen molar-refractivity contribution in [3.8, 4) is 0 Å². The first-order valence-electron chi connectivity index (χ1n) is 8.76. The molecule has 3 fully saturated rings. The molecule has 0 saturated carbocycles. The van der Waals surface area contributed by atoms with Gasteiger partial charge in [0.15, 0.2) is 0 Å². The normalized spacial score (nSPS) is 21.8. The summed E-state index contributed by atoms with van der Waals surface area (Å²) in [4.78, 5) is 39.0. The van der Waals surface area contributed by atoms with Crippen molar-refractivity contribution in [2.75, 3.05) is 31.9 Å². The highest BCUT2D eigenvalue weighted by molar-refractivity contribution is 8.14. The van der Waals surface area contributed by atoms with Crippen molar-refractivity contribution in [2.45, 2.75) is 23.8 Å². The zero-order valence-corrected chi connectivity index (χ0v) is 16.2. The molecule has 3 saturated heterocycles. The zero-order chi connectivity index (χ0) is 19.2. The molecule has 1 aromatic carbocycles. The van der Waals surface area contributed by atoms with E-state index in [2.05, 4.69) is 0 Å². The Morgan fingerprint density at radius 1 is 1.04 bits per heavy atom. The lowest BCUT2D eigenvalue weighted by Crippen LogP contribution is -2.62. The van der Waals surface area contributed by atoms with Crippen molar-refractivity contribution in [2.24, 2.45) is 0 Å². The number of hydrogen-bond acceptors (Lipinski definition) is 6. The van der Waals surface area contributed by atoms with Crippen LogP contribution in [0.5, 0.6) is 0 Å². The van der Waals surface area contributed by atoms with Crippen LogP contribution in [-0.4, -0.2) is 77.6 Å². The highest BCUT2D eigenvalue weighted by atomic mass is 32.2. The van der Waals surface area contributed by atoms with Gasteiger partial charge in [-0.25, -0.2) is 8.42 Å². The molecule has 4 rings (SSSR count). The average molecular weight is 409 g/mol. The van der Waals surface area contributed by atoms with Crippen molar-refractivity contribution < 1.29 is 22.8 Å². The molecule has 3 aliphatic rings. The lowest BCUT2D eigenvalue weighted by atomic mass is 10.1. The Morgan fingerprint density at radius 2 is 1.67 bits per heavy atom. The van der Waals surface area contributed by atoms with E-state index in [1.165, 1.54) is 33.5 Å². The average Bonchev–Trinajstić information content (AvgIpc) is 3.26. The molecule has 0 aliphatic carbocycles. The predicted molar refractivity (Wildman–Crippen MR) is 98.8 cm³/mol. The molecule has 144 valence electrons. The second-order valence-electron chi connectivity index (χ2n) is 6.82. The minimum absolute atomic E-state index is 0.163. The van der Waals surface area contributed by atoms with Gasteiger partial charge in [0.25, 0.3) is 11.1 Å². The molecule has 0 atom stereocenters. The van der Waals surface area contributed by atoms with E-state index < -0.39 is 10.0 Å². The van der Waals surface area contributed by atoms with E-state index in [4.69, 9.17) is 0 Å². The SMILES string of the molecule is O=C(c1ccc(S(=O)(=O)N2CCCC2)cc1)N1CC(N2C(=O)CSC2=O)C1. The summed E-state index contributed by atoms with van der Waals surface area (Å²) in [6, 6.07) is 5.69. The maximum atomic E-state index is 12.5. The van der Waals surface area contributed by atoms with Gasteiger partial charge in [0.05, 0.1) is 16.7 Å². The van der Waals surface area contributed by atoms with Crippen molar-refractivity contribution in [3.05, 3.63) is 29.8 Å². The van der Waals surface area contributed by atoms with E-state index in [9.17, 15) is 22.8 Å². The molecule has 3 heterocycles. The molecule has 8 nitrogen and oxygen atoms in total. The van der Waals surface area contributed by atoms with Gasteiger partial charge in [-0.05, 0) is 37.1 Å². The molecule has 0 spiro atoms. The maximum Gasteiger partial charge on any atom is 0.289 e. The summed E-state index contributed by atoms with van der Waals surface area (Å²) in [7, 11) is -3.50. The number of likely N-dealkylation sites (tertiary alicyclic amines) is 1. The Balaban J connectivity index is 1.40. The van der Waals surface area contributed by atoms with E-state index in [0.717, 1.165) is 24.6 Å². The number of amides is 3. The minimum Gasteiger partial charge on any atom is -0.334 e. The van der Waals surface area contributed by atoms with Gasteiger partial charge < -0.3 is 4.90 Å². The fourth-order valence-electron chi connectivity index (χ4n) is 3.53. The molecule has 3 amide bonds. The zero-order valence-electron chi connectivity index (χ0n) is 14.5. The first-order valence-corrected chi connectivity index (χ1v) is 11.2. The van der Waals surface area contributed by atoms with Crippen LogP contribution in [0.15, 0.2) is 29.2 Å². The monoisotopic (exact) mass is 409 g/mol. The number of sulfonamides is 1. The van der Waals surface area contributed by atoms with Gasteiger partial charge in [0.2, 0.25) is 15.9 Å². The van der Waals surface area contributed by atoms with Crippen LogP contribution >= 0.6 is 11.8 Å². The Morgan fingerprint density at radius 3 is 2.22 bits per heavy atom. The van der Waals surface area contributed by atoms with Crippen LogP contribution in [0.3, 0.4) is 0 Å². The van der Waals surface area contributed by atoms with E-state index in [1.807, 2.05) is 0 Å². The number of carbonyl (C=O) groups excluding carboxylic acids is 3. The van der Waals surface area contributed by atoms with Crippen molar-refractivity contribution in [3.63, 3.8) is 0 Å². The number of benzene rings is 1. The third-order valence-electron chi connectivity index (χ3n) is 5.10. The van der Waals surface area contributed by atoms with Gasteiger partial charge in [-0.15, -0.1) is 0 Å². The molecular formula is C17H19N3O5S2. The van der Waals surface area contributed by atoms with Crippen molar-refractivity contribution in [1.29, 1.82) is 0 Å². The molecule has 1 aromatic rings. The summed E-state index contributed by atoms with van der Waals surface area (Å²) in [6.07, 6.45) is 1.74. The van der Waals surface area contributed by atoms with Crippen molar-refractivity contribution >= 4 is 38.8 Å². The third-order valence-corrected chi connectivity index (χ3v) is 7.85. The number of imide groups is 1. The highest BCUT2D eigenvalue weighted by Gasteiger charge is 2.43. The smallest absolute Gasteiger partial charge is 0.289 e. The van der Waals surface area contributed by atoms with Gasteiger partial charge in [0, 0.05) is 31.7 Å². The molecule has 0 N–H and O–H groups in total. The van der Waals surface area contributed by atoms with E-state index in [1.54, 1.807) is 4.90 Å². The van der Waals surface area contributed by atoms with E-state index >= 15 is 0 Å². The van der Waals surface area contributed by atoms with Crippen LogP contribution in [0.4, 0.5) is 4.79 Å². The molecule has 3 aliphatic heterocycles. The lowest BCUT2D eigenvalue weighted by molar-refractivity contribution is -0.128. The number of rotatable bonds is 4. The third kappa shape index (κ3) is 3.26. The first kappa shape index (κ1) is 18.5. The van der Waals surface area contributed by atoms with Gasteiger partial charge in [-0.1, -0.05) is 11.8 Å². The fraction of sp³-hybridized carbons (Fsp3) is 0.471. The van der Waals surface area contributed by atoms with Gasteiger partial charge >= 0.3 is 0 Å². The highest BCUT2D eigenvalue weighted by Crippen LogP contribution is 2.27. The maximum absolute atomic E-state index is 12.5. The first-order chi connectivity index (χ1) is 12.9. The molecule has 27 heavy (non-hydrogen) atoms. The summed E-state index contributed by atoms with van der Waals surface area (Å²) in [5.74, 6) is -0.280. The Labute approximate surface area is 161 Å². The molecule has 0 bridgehead atoms. The standard InChI is InChI=1S/C17H19N3O5S2/c21-15-11-26-17(23)20(15)13-9-18(10-13)16(22)12-3-5-14(6-4-12)27(24,25)19-7-1-2-8-19/h3-6,13H,1-2,7-11H2. The van der Waals surface area contributed by atoms with Crippen molar-refractivity contribution in [1.82, 2.24) is 14.1 Å². The largest absolute Gasteiger partial charge is 0.334 e. The predicted octanol–water partition coefficient (Wildman–Crippen LogP) is 0.991. The summed E-state index contributed by atoms with van der Waals surface area (Å²) in [5.41, 5.74) is 0.391. The van der Waals surface area contributed by atoms with E-state index in [-0.39, 0.29) is 33.7 Å². The number of thioether (sulfide) groups is 1. The Kier molecular flexibility index (Phi) is 4.73. The summed E-state index contributed by atoms with van der Waals surface area (Å²) in [5, 5.41) is -0.256. The van der Waals surface area contributed by atoms with Crippen LogP contribution < -0.4 is 0 Å². The number of hydrogen-bond donors (Lipinski definition) is 0. The molecule has 0 unspecified atom stereocenters. The Hall–Kier alpha value is -1.91. The second kappa shape index (κ2) is 6.92. The van der Waals surface area contributed by atoms with E-state index in [0.29, 0.717) is 31.7 Å². The molecule has 0 aromatic heterocycles. The fourth-order valence-corrected chi connectivity index (χ4v) is 5.82. The second-order valence-corrected chi connectivity index (χ2v) is 9.68. The summed E-state index contributed by atoms with van der Waals surface area (Å²) < 4.78 is 26.5.